The molecule has 716 valence electrons. The number of benzene rings is 6. The summed E-state index contributed by atoms with van der Waals surface area (Å²) in [4.78, 5) is 154. The Labute approximate surface area is 776 Å². The van der Waals surface area contributed by atoms with Gasteiger partial charge in [0.05, 0.1) is 124 Å². The van der Waals surface area contributed by atoms with Gasteiger partial charge in [-0.15, -0.1) is 0 Å². The van der Waals surface area contributed by atoms with Crippen LogP contribution < -0.4 is 30.7 Å². The molecular formula is C97H122N16O21. The first kappa shape index (κ1) is 96.9. The summed E-state index contributed by atoms with van der Waals surface area (Å²) >= 11 is 0. The highest BCUT2D eigenvalue weighted by atomic mass is 16.6. The Morgan fingerprint density at radius 2 is 0.873 bits per heavy atom. The van der Waals surface area contributed by atoms with Gasteiger partial charge in [-0.2, -0.15) is 0 Å². The molecule has 10 aromatic rings. The lowest BCUT2D eigenvalue weighted by Crippen LogP contribution is -2.54. The minimum Gasteiger partial charge on any atom is -0.488 e. The van der Waals surface area contributed by atoms with Crippen LogP contribution in [0.25, 0.3) is 88.4 Å². The predicted octanol–water partition coefficient (Wildman–Crippen LogP) is 14.3. The molecule has 37 heteroatoms. The van der Waals surface area contributed by atoms with E-state index in [2.05, 4.69) is 119 Å². The number of likely N-dealkylation sites (tertiary alicyclic amines) is 4. The number of carbonyl (C=O) groups excluding carboxylic acids is 8. The first-order valence-corrected chi connectivity index (χ1v) is 45.2. The van der Waals surface area contributed by atoms with E-state index in [9.17, 15) is 43.2 Å². The molecule has 0 aliphatic carbocycles. The molecule has 14 atom stereocenters. The van der Waals surface area contributed by atoms with Crippen LogP contribution in [0.2, 0.25) is 0 Å². The molecule has 4 fully saturated rings. The molecule has 0 saturated carbocycles. The van der Waals surface area contributed by atoms with E-state index in [1.807, 2.05) is 90.4 Å². The lowest BCUT2D eigenvalue weighted by Gasteiger charge is -2.32. The van der Waals surface area contributed by atoms with Gasteiger partial charge in [0, 0.05) is 87.3 Å². The van der Waals surface area contributed by atoms with E-state index >= 15 is 0 Å². The fraction of sp³-hybridized carbons (Fsp3) is 0.495. The third kappa shape index (κ3) is 20.5. The number of alkyl carbamates (subject to hydrolysis) is 4. The van der Waals surface area contributed by atoms with E-state index in [1.165, 1.54) is 42.5 Å². The number of nitrogens with zero attached hydrogens (tertiary/aromatic N) is 8. The number of carboxylic acid groups (broad SMARTS) is 1. The van der Waals surface area contributed by atoms with E-state index in [-0.39, 0.29) is 83.7 Å². The molecule has 4 aromatic heterocycles. The first-order valence-electron chi connectivity index (χ1n) is 45.2. The molecule has 5 unspecified atom stereocenters. The topological polar surface area (TPSA) is 451 Å². The number of hydrogen-bond acceptors (Lipinski definition) is 24. The van der Waals surface area contributed by atoms with Crippen LogP contribution in [-0.4, -0.2) is 256 Å². The molecule has 10 heterocycles. The summed E-state index contributed by atoms with van der Waals surface area (Å²) in [7, 11) is 11.2. The SMILES string of the molecule is COC(=O)NC(C(=O)O)[C@@H](C)OC.COC[C@H]1CC(c2ncc(-c3ccc4c(c3)COc3cc5c(ccc6[nH]c([C@@H]7CC[C@H](C)N7C(=O)[C@@H](NC(=O)OC)C(C)C)nc65)cc3-4)[nH]2)N(C(=O)C(NC(=O)OC)C(C)OC)C1.COC[C@H]1CC(c2ncc(-c3ccc4c(c3)COc3cc5c(ccc6[nH]c([C@@H]7CC[C@H](C)N7C(=O)[C@@H](NC(=O)OC)C(C)C)nc65)cc3-4)[nH]2)N(C(=O)OC(C)(C)C)C1. The summed E-state index contributed by atoms with van der Waals surface area (Å²) in [6.45, 7) is 23.3. The number of imidazole rings is 4. The second kappa shape index (κ2) is 41.2. The smallest absolute Gasteiger partial charge is 0.410 e. The van der Waals surface area contributed by atoms with Crippen LogP contribution in [0.4, 0.5) is 24.0 Å². The number of hydrogen-bond donors (Lipinski definition) is 9. The molecule has 16 rings (SSSR count). The summed E-state index contributed by atoms with van der Waals surface area (Å²) < 4.78 is 58.5. The highest BCUT2D eigenvalue weighted by Crippen LogP contribution is 2.48. The Morgan fingerprint density at radius 1 is 0.470 bits per heavy atom. The maximum absolute atomic E-state index is 14.0. The number of carbonyl (C=O) groups is 9. The van der Waals surface area contributed by atoms with Crippen molar-refractivity contribution < 1.29 is 100 Å². The van der Waals surface area contributed by atoms with Gasteiger partial charge in [0.15, 0.2) is 6.04 Å². The maximum Gasteiger partial charge on any atom is 0.410 e. The van der Waals surface area contributed by atoms with Crippen LogP contribution in [0, 0.1) is 23.7 Å². The Hall–Kier alpha value is -13.1. The second-order valence-corrected chi connectivity index (χ2v) is 36.8. The predicted molar refractivity (Wildman–Crippen MR) is 496 cm³/mol. The van der Waals surface area contributed by atoms with Crippen molar-refractivity contribution in [1.29, 1.82) is 0 Å². The molecule has 37 nitrogen and oxygen atoms in total. The molecule has 0 bridgehead atoms. The van der Waals surface area contributed by atoms with Crippen molar-refractivity contribution in [3.05, 3.63) is 132 Å². The van der Waals surface area contributed by atoms with Crippen molar-refractivity contribution in [3.63, 3.8) is 0 Å². The van der Waals surface area contributed by atoms with Gasteiger partial charge in [0.25, 0.3) is 0 Å². The number of aromatic nitrogens is 8. The van der Waals surface area contributed by atoms with Crippen molar-refractivity contribution in [3.8, 4) is 56.3 Å². The molecule has 6 aromatic carbocycles. The number of aromatic amines is 4. The fourth-order valence-corrected chi connectivity index (χ4v) is 19.0. The minimum absolute atomic E-state index is 0.0184. The number of rotatable bonds is 24. The minimum atomic E-state index is -1.17. The zero-order chi connectivity index (χ0) is 96.2. The van der Waals surface area contributed by atoms with Gasteiger partial charge in [-0.25, -0.2) is 48.7 Å². The molecule has 0 spiro atoms. The third-order valence-corrected chi connectivity index (χ3v) is 26.1. The summed E-state index contributed by atoms with van der Waals surface area (Å²) in [5.74, 6) is 2.52. The summed E-state index contributed by atoms with van der Waals surface area (Å²) in [5, 5.41) is 22.8. The Morgan fingerprint density at radius 3 is 1.27 bits per heavy atom. The number of H-pyrrole nitrogens is 4. The van der Waals surface area contributed by atoms with Crippen molar-refractivity contribution in [2.45, 2.75) is 206 Å². The van der Waals surface area contributed by atoms with Crippen LogP contribution in [0.3, 0.4) is 0 Å². The molecule has 9 N–H and O–H groups in total. The summed E-state index contributed by atoms with van der Waals surface area (Å²) in [5.41, 5.74) is 12.5. The number of amides is 8. The number of nitrogens with one attached hydrogen (secondary N) is 8. The molecule has 8 amide bonds. The molecule has 134 heavy (non-hydrogen) atoms. The van der Waals surface area contributed by atoms with Gasteiger partial charge in [-0.3, -0.25) is 19.3 Å². The Balaban J connectivity index is 0.000000190. The normalized spacial score (nSPS) is 20.2. The van der Waals surface area contributed by atoms with E-state index in [4.69, 9.17) is 72.4 Å². The molecule has 6 aliphatic heterocycles. The fourth-order valence-electron chi connectivity index (χ4n) is 19.0. The summed E-state index contributed by atoms with van der Waals surface area (Å²) in [6.07, 6.45) is 3.73. The van der Waals surface area contributed by atoms with Crippen molar-refractivity contribution in [2.75, 3.05) is 83.2 Å². The average Bonchev–Trinajstić information content (AvgIpc) is 1.25. The van der Waals surface area contributed by atoms with E-state index < -0.39 is 72.3 Å². The lowest BCUT2D eigenvalue weighted by atomic mass is 9.92. The Bertz CT molecular complexity index is 6020. The van der Waals surface area contributed by atoms with Crippen molar-refractivity contribution in [1.82, 2.24) is 80.7 Å². The summed E-state index contributed by atoms with van der Waals surface area (Å²) in [6, 6.07) is 24.5. The lowest BCUT2D eigenvalue weighted by molar-refractivity contribution is -0.143. The number of ether oxygens (including phenoxy) is 11. The van der Waals surface area contributed by atoms with Crippen molar-refractivity contribution >= 4 is 97.8 Å². The van der Waals surface area contributed by atoms with E-state index in [1.54, 1.807) is 37.1 Å². The van der Waals surface area contributed by atoms with E-state index in [0.29, 0.717) is 57.6 Å². The maximum atomic E-state index is 14.0. The Kier molecular flexibility index (Phi) is 29.8. The first-order chi connectivity index (χ1) is 64.1. The van der Waals surface area contributed by atoms with E-state index in [0.717, 1.165) is 162 Å². The van der Waals surface area contributed by atoms with Crippen LogP contribution >= 0.6 is 0 Å². The van der Waals surface area contributed by atoms with Crippen LogP contribution in [0.5, 0.6) is 11.5 Å². The number of carboxylic acids is 1. The largest absolute Gasteiger partial charge is 0.488 e. The highest BCUT2D eigenvalue weighted by molar-refractivity contribution is 6.08. The molecule has 0 radical (unpaired) electrons. The zero-order valence-electron chi connectivity index (χ0n) is 79.2. The molecular weight excluding hydrogens is 1730 g/mol. The quantitative estimate of drug-likeness (QED) is 0.0254. The third-order valence-electron chi connectivity index (χ3n) is 26.1. The van der Waals surface area contributed by atoms with Gasteiger partial charge in [-0.05, 0) is 192 Å². The van der Waals surface area contributed by atoms with Crippen LogP contribution in [0.15, 0.2) is 97.3 Å². The van der Waals surface area contributed by atoms with Crippen LogP contribution in [0.1, 0.15) is 173 Å². The van der Waals surface area contributed by atoms with Gasteiger partial charge in [-0.1, -0.05) is 64.1 Å². The monoisotopic (exact) mass is 1850 g/mol. The number of fused-ring (bicyclic) bond motifs is 12. The van der Waals surface area contributed by atoms with Gasteiger partial charge >= 0.3 is 36.4 Å². The standard InChI is InChI=1S/C46H56N8O9.C44H53N7O7.C7H13NO5/c1-23(2)38(51-45(57)61-7)44(56)54-24(3)9-14-35(54)42-48-33-13-11-27-17-32-30-12-10-28(16-29(30)22-63-37(32)18-31(27)40(33)50-42)34-19-47-41(49-34)36-15-26(21-59-5)20-53(36)43(55)39(25(4)60-6)52-46(58)62-8;1-23(2)37(49-42(53)56-8)41(52)51-24(3)9-14-34(51)40-46-32-13-11-26-17-31-29-12-10-27(16-28(29)22-57-36(31)18-30(26)38(32)48-40)33-19-45-39(47-33)35-15-25(21-55-7)20-50(35)43(54)58-44(4,5)6;1-4(12-2)5(6(9)10)8-7(11)13-3/h10-13,16-19,23-26,35-36,38-39H,9,14-15,20-22H2,1-8H3,(H,47,49)(H,48,50)(H,51,57)(H,52,58);10-13,16-19,23-25,34-35,37H,9,14-15,20-22H2,1-8H3,(H,45,47)(H,46,48)(H,49,53);4-5H,1-3H3,(H,8,11)(H,9,10)/t24-,25?,26-,35-,36?,38-,39?;24-,25-,34-,35?,37-;4-,5?/m001/s1. The molecule has 4 saturated heterocycles. The van der Waals surface area contributed by atoms with Crippen LogP contribution in [-0.2, 0) is 75.0 Å². The number of aliphatic carboxylic acids is 1. The van der Waals surface area contributed by atoms with Gasteiger partial charge < -0.3 is 113 Å². The number of methoxy groups -OCH3 is 8. The average molecular weight is 1850 g/mol. The van der Waals surface area contributed by atoms with Gasteiger partial charge in [0.2, 0.25) is 17.7 Å². The van der Waals surface area contributed by atoms with Gasteiger partial charge in [0.1, 0.15) is 71.7 Å². The van der Waals surface area contributed by atoms with Crippen molar-refractivity contribution in [2.24, 2.45) is 23.7 Å². The highest BCUT2D eigenvalue weighted by Gasteiger charge is 2.47. The second-order valence-electron chi connectivity index (χ2n) is 36.8. The zero-order valence-corrected chi connectivity index (χ0v) is 79.2. The molecule has 6 aliphatic rings.